The van der Waals surface area contributed by atoms with Crippen LogP contribution in [0.15, 0.2) is 11.0 Å². The average molecular weight is 184 g/mol. The SMILES string of the molecule is CCCn1cc(C)c(=S)[nH]c1=O. The maximum atomic E-state index is 11.2. The second-order valence-corrected chi connectivity index (χ2v) is 3.17. The molecule has 12 heavy (non-hydrogen) atoms. The Morgan fingerprint density at radius 2 is 2.33 bits per heavy atom. The highest BCUT2D eigenvalue weighted by atomic mass is 32.1. The summed E-state index contributed by atoms with van der Waals surface area (Å²) in [4.78, 5) is 13.8. The molecular weight excluding hydrogens is 172 g/mol. The Morgan fingerprint density at radius 1 is 1.67 bits per heavy atom. The van der Waals surface area contributed by atoms with Gasteiger partial charge in [-0.05, 0) is 13.3 Å². The van der Waals surface area contributed by atoms with Gasteiger partial charge in [0, 0.05) is 18.3 Å². The van der Waals surface area contributed by atoms with Crippen molar-refractivity contribution in [2.75, 3.05) is 0 Å². The molecule has 1 rings (SSSR count). The molecule has 0 amide bonds. The predicted octanol–water partition coefficient (Wildman–Crippen LogP) is 1.62. The molecule has 0 fully saturated rings. The molecule has 1 aromatic heterocycles. The van der Waals surface area contributed by atoms with Gasteiger partial charge in [0.15, 0.2) is 0 Å². The summed E-state index contributed by atoms with van der Waals surface area (Å²) in [6.07, 6.45) is 2.74. The smallest absolute Gasteiger partial charge is 0.300 e. The second kappa shape index (κ2) is 3.67. The number of nitrogens with one attached hydrogen (secondary N) is 1. The van der Waals surface area contributed by atoms with E-state index in [1.165, 1.54) is 0 Å². The summed E-state index contributed by atoms with van der Waals surface area (Å²) in [7, 11) is 0. The fourth-order valence-corrected chi connectivity index (χ4v) is 1.17. The number of hydrogen-bond acceptors (Lipinski definition) is 2. The van der Waals surface area contributed by atoms with Crippen LogP contribution in [0.4, 0.5) is 0 Å². The third kappa shape index (κ3) is 1.82. The van der Waals surface area contributed by atoms with E-state index in [1.54, 1.807) is 10.8 Å². The molecule has 1 heterocycles. The lowest BCUT2D eigenvalue weighted by Gasteiger charge is -2.03. The van der Waals surface area contributed by atoms with E-state index < -0.39 is 0 Å². The summed E-state index contributed by atoms with van der Waals surface area (Å²) >= 11 is 4.92. The van der Waals surface area contributed by atoms with Gasteiger partial charge in [-0.3, -0.25) is 4.98 Å². The largest absolute Gasteiger partial charge is 0.326 e. The summed E-state index contributed by atoms with van der Waals surface area (Å²) in [5.41, 5.74) is 0.825. The van der Waals surface area contributed by atoms with Crippen LogP contribution in [-0.4, -0.2) is 9.55 Å². The van der Waals surface area contributed by atoms with Crippen LogP contribution in [0.25, 0.3) is 0 Å². The van der Waals surface area contributed by atoms with Gasteiger partial charge in [-0.15, -0.1) is 0 Å². The zero-order valence-corrected chi connectivity index (χ0v) is 8.07. The number of aryl methyl sites for hydroxylation is 2. The summed E-state index contributed by atoms with van der Waals surface area (Å²) < 4.78 is 2.18. The molecule has 0 spiro atoms. The van der Waals surface area contributed by atoms with Crippen molar-refractivity contribution < 1.29 is 0 Å². The highest BCUT2D eigenvalue weighted by Gasteiger charge is 1.95. The molecule has 0 aliphatic carbocycles. The summed E-state index contributed by atoms with van der Waals surface area (Å²) in [5, 5.41) is 0. The molecule has 0 saturated heterocycles. The Balaban J connectivity index is 3.24. The molecular formula is C8H12N2OS. The Hall–Kier alpha value is -0.900. The maximum Gasteiger partial charge on any atom is 0.326 e. The molecule has 0 aromatic carbocycles. The third-order valence-corrected chi connectivity index (χ3v) is 2.08. The van der Waals surface area contributed by atoms with Crippen molar-refractivity contribution in [1.29, 1.82) is 0 Å². The minimum atomic E-state index is -0.118. The number of hydrogen-bond donors (Lipinski definition) is 1. The van der Waals surface area contributed by atoms with E-state index in [4.69, 9.17) is 12.2 Å². The van der Waals surface area contributed by atoms with Gasteiger partial charge in [0.1, 0.15) is 4.64 Å². The zero-order valence-electron chi connectivity index (χ0n) is 7.26. The fourth-order valence-electron chi connectivity index (χ4n) is 1.03. The average Bonchev–Trinajstić information content (AvgIpc) is 2.01. The van der Waals surface area contributed by atoms with Crippen LogP contribution in [0.1, 0.15) is 18.9 Å². The molecule has 0 bridgehead atoms. The Morgan fingerprint density at radius 3 is 2.92 bits per heavy atom. The first kappa shape index (κ1) is 9.19. The van der Waals surface area contributed by atoms with Gasteiger partial charge in [0.05, 0.1) is 0 Å². The Bertz CT molecular complexity index is 377. The Labute approximate surface area is 76.1 Å². The van der Waals surface area contributed by atoms with Gasteiger partial charge in [-0.2, -0.15) is 0 Å². The van der Waals surface area contributed by atoms with Crippen LogP contribution in [-0.2, 0) is 6.54 Å². The number of aromatic amines is 1. The highest BCUT2D eigenvalue weighted by Crippen LogP contribution is 1.94. The van der Waals surface area contributed by atoms with E-state index in [0.717, 1.165) is 18.5 Å². The van der Waals surface area contributed by atoms with Crippen LogP contribution in [0.2, 0.25) is 0 Å². The zero-order chi connectivity index (χ0) is 9.14. The molecule has 0 radical (unpaired) electrons. The molecule has 0 aliphatic rings. The van der Waals surface area contributed by atoms with E-state index in [1.807, 2.05) is 13.8 Å². The molecule has 4 heteroatoms. The summed E-state index contributed by atoms with van der Waals surface area (Å²) in [5.74, 6) is 0. The van der Waals surface area contributed by atoms with Crippen molar-refractivity contribution >= 4 is 12.2 Å². The fraction of sp³-hybridized carbons (Fsp3) is 0.500. The van der Waals surface area contributed by atoms with Crippen LogP contribution in [0.5, 0.6) is 0 Å². The van der Waals surface area contributed by atoms with Crippen LogP contribution < -0.4 is 5.69 Å². The van der Waals surface area contributed by atoms with Crippen molar-refractivity contribution in [2.24, 2.45) is 0 Å². The standard InChI is InChI=1S/C8H12N2OS/c1-3-4-10-5-6(2)7(12)9-8(10)11/h5H,3-4H2,1-2H3,(H,9,11,12). The summed E-state index contributed by atoms with van der Waals surface area (Å²) in [6.45, 7) is 4.67. The molecule has 0 atom stereocenters. The van der Waals surface area contributed by atoms with Crippen molar-refractivity contribution in [2.45, 2.75) is 26.8 Å². The molecule has 1 aromatic rings. The summed E-state index contributed by atoms with van der Waals surface area (Å²) in [6, 6.07) is 0. The van der Waals surface area contributed by atoms with Gasteiger partial charge in [-0.25, -0.2) is 4.79 Å². The van der Waals surface area contributed by atoms with Crippen molar-refractivity contribution in [3.05, 3.63) is 26.9 Å². The normalized spacial score (nSPS) is 10.2. The molecule has 66 valence electrons. The third-order valence-electron chi connectivity index (χ3n) is 1.65. The van der Waals surface area contributed by atoms with E-state index in [-0.39, 0.29) is 5.69 Å². The molecule has 0 unspecified atom stereocenters. The molecule has 0 aliphatic heterocycles. The van der Waals surface area contributed by atoms with Crippen LogP contribution in [0, 0.1) is 11.6 Å². The number of nitrogens with zero attached hydrogens (tertiary/aromatic N) is 1. The first-order chi connectivity index (χ1) is 5.65. The van der Waals surface area contributed by atoms with Crippen LogP contribution in [0.3, 0.4) is 0 Å². The van der Waals surface area contributed by atoms with Crippen LogP contribution >= 0.6 is 12.2 Å². The lowest BCUT2D eigenvalue weighted by atomic mass is 10.4. The van der Waals surface area contributed by atoms with E-state index >= 15 is 0 Å². The van der Waals surface area contributed by atoms with Gasteiger partial charge >= 0.3 is 5.69 Å². The lowest BCUT2D eigenvalue weighted by molar-refractivity contribution is 0.630. The first-order valence-corrected chi connectivity index (χ1v) is 4.36. The predicted molar refractivity (Wildman–Crippen MR) is 50.9 cm³/mol. The van der Waals surface area contributed by atoms with Crippen molar-refractivity contribution in [1.82, 2.24) is 9.55 Å². The minimum absolute atomic E-state index is 0.118. The number of rotatable bonds is 2. The van der Waals surface area contributed by atoms with E-state index in [2.05, 4.69) is 4.98 Å². The Kier molecular flexibility index (Phi) is 2.81. The highest BCUT2D eigenvalue weighted by molar-refractivity contribution is 7.71. The lowest BCUT2D eigenvalue weighted by Crippen LogP contribution is -2.22. The first-order valence-electron chi connectivity index (χ1n) is 3.95. The van der Waals surface area contributed by atoms with Gasteiger partial charge in [0.25, 0.3) is 0 Å². The maximum absolute atomic E-state index is 11.2. The topological polar surface area (TPSA) is 37.8 Å². The second-order valence-electron chi connectivity index (χ2n) is 2.76. The monoisotopic (exact) mass is 184 g/mol. The van der Waals surface area contributed by atoms with E-state index in [0.29, 0.717) is 4.64 Å². The van der Waals surface area contributed by atoms with E-state index in [9.17, 15) is 4.79 Å². The van der Waals surface area contributed by atoms with Gasteiger partial charge in [-0.1, -0.05) is 19.1 Å². The quantitative estimate of drug-likeness (QED) is 0.709. The van der Waals surface area contributed by atoms with Crippen molar-refractivity contribution in [3.8, 4) is 0 Å². The molecule has 1 N–H and O–H groups in total. The minimum Gasteiger partial charge on any atom is -0.300 e. The molecule has 3 nitrogen and oxygen atoms in total. The van der Waals surface area contributed by atoms with Gasteiger partial charge < -0.3 is 4.57 Å². The number of aromatic nitrogens is 2. The van der Waals surface area contributed by atoms with Crippen molar-refractivity contribution in [3.63, 3.8) is 0 Å². The number of H-pyrrole nitrogens is 1. The van der Waals surface area contributed by atoms with Gasteiger partial charge in [0.2, 0.25) is 0 Å². The molecule has 0 saturated carbocycles.